The first kappa shape index (κ1) is 15.0. The SMILES string of the molecule is COC(=O)c1ccc(S(=O)(=O)N[C@@H]2CCCNC2)cc1. The molecule has 2 rings (SSSR count). The minimum absolute atomic E-state index is 0.0889. The minimum Gasteiger partial charge on any atom is -0.465 e. The Morgan fingerprint density at radius 3 is 2.60 bits per heavy atom. The summed E-state index contributed by atoms with van der Waals surface area (Å²) >= 11 is 0. The van der Waals surface area contributed by atoms with E-state index in [1.54, 1.807) is 0 Å². The highest BCUT2D eigenvalue weighted by atomic mass is 32.2. The highest BCUT2D eigenvalue weighted by molar-refractivity contribution is 7.89. The highest BCUT2D eigenvalue weighted by Gasteiger charge is 2.21. The molecule has 0 spiro atoms. The second-order valence-corrected chi connectivity index (χ2v) is 6.39. The van der Waals surface area contributed by atoms with Gasteiger partial charge in [-0.2, -0.15) is 0 Å². The van der Waals surface area contributed by atoms with Gasteiger partial charge in [0.1, 0.15) is 0 Å². The van der Waals surface area contributed by atoms with Gasteiger partial charge in [0.25, 0.3) is 0 Å². The molecule has 20 heavy (non-hydrogen) atoms. The number of rotatable bonds is 4. The van der Waals surface area contributed by atoms with Crippen LogP contribution >= 0.6 is 0 Å². The van der Waals surface area contributed by atoms with Crippen LogP contribution in [0.15, 0.2) is 29.2 Å². The molecule has 1 aliphatic rings. The van der Waals surface area contributed by atoms with Gasteiger partial charge in [-0.25, -0.2) is 17.9 Å². The lowest BCUT2D eigenvalue weighted by Crippen LogP contribution is -2.45. The van der Waals surface area contributed by atoms with E-state index in [4.69, 9.17) is 0 Å². The third-order valence-corrected chi connectivity index (χ3v) is 4.74. The monoisotopic (exact) mass is 298 g/mol. The summed E-state index contributed by atoms with van der Waals surface area (Å²) in [7, 11) is -2.27. The predicted molar refractivity (Wildman–Crippen MR) is 74.0 cm³/mol. The first-order chi connectivity index (χ1) is 9.53. The highest BCUT2D eigenvalue weighted by Crippen LogP contribution is 2.13. The molecule has 1 heterocycles. The molecule has 1 aliphatic heterocycles. The molecule has 110 valence electrons. The Morgan fingerprint density at radius 1 is 1.35 bits per heavy atom. The fraction of sp³-hybridized carbons (Fsp3) is 0.462. The Labute approximate surface area is 118 Å². The number of esters is 1. The van der Waals surface area contributed by atoms with Gasteiger partial charge in [0.05, 0.1) is 17.6 Å². The standard InChI is InChI=1S/C13H18N2O4S/c1-19-13(16)10-4-6-12(7-5-10)20(17,18)15-11-3-2-8-14-9-11/h4-7,11,14-15H,2-3,8-9H2,1H3/t11-/m1/s1. The molecule has 6 nitrogen and oxygen atoms in total. The van der Waals surface area contributed by atoms with Crippen molar-refractivity contribution in [3.05, 3.63) is 29.8 Å². The molecule has 1 fully saturated rings. The Balaban J connectivity index is 2.10. The normalized spacial score (nSPS) is 19.6. The van der Waals surface area contributed by atoms with E-state index in [0.717, 1.165) is 19.4 Å². The van der Waals surface area contributed by atoms with E-state index < -0.39 is 16.0 Å². The molecule has 1 aromatic rings. The van der Waals surface area contributed by atoms with Gasteiger partial charge in [0.15, 0.2) is 0 Å². The molecule has 1 aromatic carbocycles. The molecule has 0 saturated carbocycles. The van der Waals surface area contributed by atoms with E-state index >= 15 is 0 Å². The van der Waals surface area contributed by atoms with Gasteiger partial charge < -0.3 is 10.1 Å². The van der Waals surface area contributed by atoms with Crippen LogP contribution in [0, 0.1) is 0 Å². The van der Waals surface area contributed by atoms with Crippen molar-refractivity contribution in [1.29, 1.82) is 0 Å². The van der Waals surface area contributed by atoms with Crippen LogP contribution in [0.1, 0.15) is 23.2 Å². The quantitative estimate of drug-likeness (QED) is 0.791. The Kier molecular flexibility index (Phi) is 4.74. The summed E-state index contributed by atoms with van der Waals surface area (Å²) < 4.78 is 31.6. The topological polar surface area (TPSA) is 84.5 Å². The number of hydrogen-bond donors (Lipinski definition) is 2. The van der Waals surface area contributed by atoms with Crippen LogP contribution in [0.2, 0.25) is 0 Å². The average Bonchev–Trinajstić information content (AvgIpc) is 2.47. The summed E-state index contributed by atoms with van der Waals surface area (Å²) in [6, 6.07) is 5.61. The van der Waals surface area contributed by atoms with Crippen LogP contribution in [0.4, 0.5) is 0 Å². The lowest BCUT2D eigenvalue weighted by atomic mass is 10.1. The van der Waals surface area contributed by atoms with Gasteiger partial charge in [-0.05, 0) is 43.7 Å². The van der Waals surface area contributed by atoms with Crippen molar-refractivity contribution in [2.45, 2.75) is 23.8 Å². The number of ether oxygens (including phenoxy) is 1. The average molecular weight is 298 g/mol. The number of carbonyl (C=O) groups excluding carboxylic acids is 1. The molecular formula is C13H18N2O4S. The molecule has 0 amide bonds. The minimum atomic E-state index is -3.55. The zero-order chi connectivity index (χ0) is 14.6. The number of benzene rings is 1. The van der Waals surface area contributed by atoms with Crippen LogP contribution in [0.5, 0.6) is 0 Å². The van der Waals surface area contributed by atoms with Gasteiger partial charge in [-0.15, -0.1) is 0 Å². The van der Waals surface area contributed by atoms with Crippen LogP contribution < -0.4 is 10.0 Å². The molecule has 0 bridgehead atoms. The van der Waals surface area contributed by atoms with Crippen molar-refractivity contribution in [3.8, 4) is 0 Å². The Morgan fingerprint density at radius 2 is 2.05 bits per heavy atom. The van der Waals surface area contributed by atoms with E-state index in [0.29, 0.717) is 12.1 Å². The molecule has 2 N–H and O–H groups in total. The first-order valence-corrected chi connectivity index (χ1v) is 7.92. The van der Waals surface area contributed by atoms with Crippen LogP contribution in [-0.2, 0) is 14.8 Å². The van der Waals surface area contributed by atoms with Gasteiger partial charge in [-0.1, -0.05) is 0 Å². The fourth-order valence-corrected chi connectivity index (χ4v) is 3.40. The number of nitrogens with one attached hydrogen (secondary N) is 2. The van der Waals surface area contributed by atoms with Crippen molar-refractivity contribution in [2.24, 2.45) is 0 Å². The van der Waals surface area contributed by atoms with Crippen molar-refractivity contribution in [3.63, 3.8) is 0 Å². The summed E-state index contributed by atoms with van der Waals surface area (Å²) in [5.74, 6) is -0.488. The van der Waals surface area contributed by atoms with Crippen LogP contribution in [0.3, 0.4) is 0 Å². The molecule has 0 aliphatic carbocycles. The molecule has 7 heteroatoms. The number of carbonyl (C=O) groups is 1. The number of methoxy groups -OCH3 is 1. The maximum absolute atomic E-state index is 12.2. The number of sulfonamides is 1. The zero-order valence-corrected chi connectivity index (χ0v) is 12.1. The fourth-order valence-electron chi connectivity index (χ4n) is 2.13. The van der Waals surface area contributed by atoms with E-state index in [2.05, 4.69) is 14.8 Å². The zero-order valence-electron chi connectivity index (χ0n) is 11.3. The lowest BCUT2D eigenvalue weighted by molar-refractivity contribution is 0.0600. The molecule has 1 saturated heterocycles. The van der Waals surface area contributed by atoms with E-state index in [1.165, 1.54) is 31.4 Å². The van der Waals surface area contributed by atoms with Gasteiger partial charge in [-0.3, -0.25) is 0 Å². The van der Waals surface area contributed by atoms with E-state index in [-0.39, 0.29) is 10.9 Å². The van der Waals surface area contributed by atoms with Gasteiger partial charge in [0.2, 0.25) is 10.0 Å². The summed E-state index contributed by atoms with van der Waals surface area (Å²) in [5.41, 5.74) is 0.325. The molecule has 0 unspecified atom stereocenters. The van der Waals surface area contributed by atoms with Gasteiger partial charge in [0, 0.05) is 12.6 Å². The third-order valence-electron chi connectivity index (χ3n) is 3.20. The van der Waals surface area contributed by atoms with Crippen LogP contribution in [-0.4, -0.2) is 40.6 Å². The first-order valence-electron chi connectivity index (χ1n) is 6.44. The van der Waals surface area contributed by atoms with E-state index in [1.807, 2.05) is 0 Å². The summed E-state index contributed by atoms with van der Waals surface area (Å²) in [5, 5.41) is 3.15. The maximum Gasteiger partial charge on any atom is 0.337 e. The van der Waals surface area contributed by atoms with Crippen molar-refractivity contribution in [1.82, 2.24) is 10.0 Å². The van der Waals surface area contributed by atoms with Crippen molar-refractivity contribution in [2.75, 3.05) is 20.2 Å². The summed E-state index contributed by atoms with van der Waals surface area (Å²) in [6.07, 6.45) is 1.78. The van der Waals surface area contributed by atoms with Crippen molar-refractivity contribution >= 4 is 16.0 Å². The molecular weight excluding hydrogens is 280 g/mol. The maximum atomic E-state index is 12.2. The number of hydrogen-bond acceptors (Lipinski definition) is 5. The van der Waals surface area contributed by atoms with E-state index in [9.17, 15) is 13.2 Å². The summed E-state index contributed by atoms with van der Waals surface area (Å²) in [6.45, 7) is 1.56. The van der Waals surface area contributed by atoms with Crippen LogP contribution in [0.25, 0.3) is 0 Å². The van der Waals surface area contributed by atoms with Gasteiger partial charge >= 0.3 is 5.97 Å². The van der Waals surface area contributed by atoms with Crippen molar-refractivity contribution < 1.29 is 17.9 Å². The summed E-state index contributed by atoms with van der Waals surface area (Å²) in [4.78, 5) is 11.4. The molecule has 0 radical (unpaired) electrons. The largest absolute Gasteiger partial charge is 0.465 e. The smallest absolute Gasteiger partial charge is 0.337 e. The second kappa shape index (κ2) is 6.34. The lowest BCUT2D eigenvalue weighted by Gasteiger charge is -2.23. The molecule has 0 aromatic heterocycles. The Hall–Kier alpha value is -1.44. The third kappa shape index (κ3) is 3.56. The second-order valence-electron chi connectivity index (χ2n) is 4.68. The Bertz CT molecular complexity index is 563. The number of piperidine rings is 1. The predicted octanol–water partition coefficient (Wildman–Crippen LogP) is 0.503. The molecule has 1 atom stereocenters.